The molecule has 0 unspecified atom stereocenters. The molecule has 5 heteroatoms. The van der Waals surface area contributed by atoms with Gasteiger partial charge in [-0.05, 0) is 29.0 Å². The van der Waals surface area contributed by atoms with Crippen molar-refractivity contribution in [3.05, 3.63) is 27.7 Å². The summed E-state index contributed by atoms with van der Waals surface area (Å²) in [5.41, 5.74) is 0.182. The first-order valence-electron chi connectivity index (χ1n) is 3.96. The summed E-state index contributed by atoms with van der Waals surface area (Å²) in [5.74, 6) is -1.44. The van der Waals surface area contributed by atoms with Gasteiger partial charge in [0.25, 0.3) is 0 Å². The third-order valence-corrected chi connectivity index (χ3v) is 2.37. The van der Waals surface area contributed by atoms with Gasteiger partial charge in [-0.3, -0.25) is 0 Å². The Labute approximate surface area is 89.4 Å². The molecule has 0 spiro atoms. The Balaban J connectivity index is 3.32. The first-order valence-corrected chi connectivity index (χ1v) is 4.76. The molecule has 0 aromatic heterocycles. The van der Waals surface area contributed by atoms with Crippen molar-refractivity contribution in [2.75, 3.05) is 14.2 Å². The Morgan fingerprint density at radius 2 is 2.14 bits per heavy atom. The summed E-state index contributed by atoms with van der Waals surface area (Å²) in [6, 6.07) is 1.05. The second-order valence-electron chi connectivity index (χ2n) is 2.70. The highest BCUT2D eigenvalue weighted by Gasteiger charge is 2.17. The van der Waals surface area contributed by atoms with E-state index in [-0.39, 0.29) is 12.1 Å². The Morgan fingerprint density at radius 1 is 1.50 bits per heavy atom. The predicted molar refractivity (Wildman–Crippen MR) is 53.4 cm³/mol. The largest absolute Gasteiger partial charge is 0.495 e. The van der Waals surface area contributed by atoms with Gasteiger partial charge in [-0.2, -0.15) is 0 Å². The molecule has 0 aliphatic heterocycles. The Hall–Kier alpha value is -0.680. The summed E-state index contributed by atoms with van der Waals surface area (Å²) in [7, 11) is 3.06. The van der Waals surface area contributed by atoms with Crippen LogP contribution in [0.2, 0.25) is 0 Å². The van der Waals surface area contributed by atoms with Gasteiger partial charge in [0.15, 0.2) is 11.6 Å². The maximum Gasteiger partial charge on any atom is 0.167 e. The van der Waals surface area contributed by atoms with Gasteiger partial charge in [-0.15, -0.1) is 0 Å². The van der Waals surface area contributed by atoms with Crippen molar-refractivity contribution < 1.29 is 13.5 Å². The second kappa shape index (κ2) is 4.70. The Bertz CT molecular complexity index is 344. The molecule has 0 aliphatic rings. The molecular weight excluding hydrogens is 256 g/mol. The molecule has 1 N–H and O–H groups in total. The smallest absolute Gasteiger partial charge is 0.167 e. The number of rotatable bonds is 3. The number of hydrogen-bond acceptors (Lipinski definition) is 2. The van der Waals surface area contributed by atoms with Crippen LogP contribution in [0.1, 0.15) is 5.56 Å². The first kappa shape index (κ1) is 11.4. The van der Waals surface area contributed by atoms with Crippen molar-refractivity contribution in [3.63, 3.8) is 0 Å². The van der Waals surface area contributed by atoms with Crippen LogP contribution >= 0.6 is 15.9 Å². The molecule has 0 amide bonds. The average Bonchev–Trinajstić information content (AvgIpc) is 2.14. The molecule has 1 aromatic rings. The van der Waals surface area contributed by atoms with Crippen molar-refractivity contribution in [2.45, 2.75) is 6.54 Å². The van der Waals surface area contributed by atoms with E-state index in [1.54, 1.807) is 7.05 Å². The maximum atomic E-state index is 13.3. The highest BCUT2D eigenvalue weighted by atomic mass is 79.9. The molecule has 1 aromatic carbocycles. The van der Waals surface area contributed by atoms with E-state index in [1.807, 2.05) is 0 Å². The number of hydrogen-bond donors (Lipinski definition) is 1. The lowest BCUT2D eigenvalue weighted by atomic mass is 10.2. The monoisotopic (exact) mass is 265 g/mol. The molecule has 1 rings (SSSR count). The average molecular weight is 266 g/mol. The van der Waals surface area contributed by atoms with Crippen LogP contribution in [0.25, 0.3) is 0 Å². The number of benzene rings is 1. The van der Waals surface area contributed by atoms with Crippen LogP contribution in [0, 0.1) is 11.6 Å². The van der Waals surface area contributed by atoms with Gasteiger partial charge in [0.2, 0.25) is 0 Å². The normalized spacial score (nSPS) is 10.4. The summed E-state index contributed by atoms with van der Waals surface area (Å²) in [6.07, 6.45) is 0. The molecule has 0 radical (unpaired) electrons. The van der Waals surface area contributed by atoms with Gasteiger partial charge in [0.1, 0.15) is 5.75 Å². The lowest BCUT2D eigenvalue weighted by Crippen LogP contribution is -2.10. The van der Waals surface area contributed by atoms with Crippen LogP contribution in [0.15, 0.2) is 10.5 Å². The fourth-order valence-electron chi connectivity index (χ4n) is 1.18. The molecular formula is C9H10BrF2NO. The van der Waals surface area contributed by atoms with Crippen LogP contribution in [0.3, 0.4) is 0 Å². The van der Waals surface area contributed by atoms with Crippen molar-refractivity contribution in [2.24, 2.45) is 0 Å². The number of ether oxygens (including phenoxy) is 1. The third kappa shape index (κ3) is 2.04. The van der Waals surface area contributed by atoms with Crippen molar-refractivity contribution >= 4 is 15.9 Å². The molecule has 78 valence electrons. The van der Waals surface area contributed by atoms with Crippen molar-refractivity contribution in [1.82, 2.24) is 5.32 Å². The van der Waals surface area contributed by atoms with Gasteiger partial charge >= 0.3 is 0 Å². The van der Waals surface area contributed by atoms with E-state index in [1.165, 1.54) is 7.11 Å². The van der Waals surface area contributed by atoms with Crippen molar-refractivity contribution in [1.29, 1.82) is 0 Å². The minimum atomic E-state index is -0.886. The number of methoxy groups -OCH3 is 1. The van der Waals surface area contributed by atoms with Crippen molar-refractivity contribution in [3.8, 4) is 5.75 Å². The standard InChI is InChI=1S/C9H10BrF2NO/c1-13-4-5-8(12)7(11)3-6(10)9(5)14-2/h3,13H,4H2,1-2H3. The quantitative estimate of drug-likeness (QED) is 0.848. The molecule has 0 heterocycles. The van der Waals surface area contributed by atoms with E-state index in [2.05, 4.69) is 21.2 Å². The molecule has 0 bridgehead atoms. The van der Waals surface area contributed by atoms with Crippen LogP contribution in [-0.2, 0) is 6.54 Å². The molecule has 0 saturated heterocycles. The van der Waals surface area contributed by atoms with Gasteiger partial charge < -0.3 is 10.1 Å². The Kier molecular flexibility index (Phi) is 3.83. The molecule has 0 aliphatic carbocycles. The first-order chi connectivity index (χ1) is 6.61. The third-order valence-electron chi connectivity index (χ3n) is 1.78. The van der Waals surface area contributed by atoms with Crippen LogP contribution < -0.4 is 10.1 Å². The fourth-order valence-corrected chi connectivity index (χ4v) is 1.79. The summed E-state index contributed by atoms with van der Waals surface area (Å²) in [5, 5.41) is 2.75. The number of halogens is 3. The second-order valence-corrected chi connectivity index (χ2v) is 3.55. The minimum absolute atomic E-state index is 0.182. The van der Waals surface area contributed by atoms with E-state index in [9.17, 15) is 8.78 Å². The highest BCUT2D eigenvalue weighted by molar-refractivity contribution is 9.10. The van der Waals surface area contributed by atoms with Crippen LogP contribution in [0.4, 0.5) is 8.78 Å². The van der Waals surface area contributed by atoms with Gasteiger partial charge in [0, 0.05) is 12.1 Å². The lowest BCUT2D eigenvalue weighted by Gasteiger charge is -2.11. The van der Waals surface area contributed by atoms with E-state index in [0.29, 0.717) is 10.2 Å². The zero-order valence-corrected chi connectivity index (χ0v) is 9.41. The van der Waals surface area contributed by atoms with Gasteiger partial charge in [-0.1, -0.05) is 0 Å². The summed E-state index contributed by atoms with van der Waals surface area (Å²) in [6.45, 7) is 0.214. The fraction of sp³-hybridized carbons (Fsp3) is 0.333. The van der Waals surface area contributed by atoms with E-state index in [0.717, 1.165) is 6.07 Å². The van der Waals surface area contributed by atoms with E-state index >= 15 is 0 Å². The van der Waals surface area contributed by atoms with Gasteiger partial charge in [0.05, 0.1) is 11.6 Å². The summed E-state index contributed by atoms with van der Waals surface area (Å²) < 4.78 is 31.7. The summed E-state index contributed by atoms with van der Waals surface area (Å²) in [4.78, 5) is 0. The molecule has 0 fully saturated rings. The van der Waals surface area contributed by atoms with E-state index in [4.69, 9.17) is 4.74 Å². The summed E-state index contributed by atoms with van der Waals surface area (Å²) >= 11 is 3.10. The Morgan fingerprint density at radius 3 is 2.64 bits per heavy atom. The molecule has 0 saturated carbocycles. The zero-order chi connectivity index (χ0) is 10.7. The maximum absolute atomic E-state index is 13.3. The molecule has 0 atom stereocenters. The van der Waals surface area contributed by atoms with Crippen LogP contribution in [0.5, 0.6) is 5.75 Å². The minimum Gasteiger partial charge on any atom is -0.495 e. The number of nitrogens with one attached hydrogen (secondary N) is 1. The highest BCUT2D eigenvalue weighted by Crippen LogP contribution is 2.32. The topological polar surface area (TPSA) is 21.3 Å². The molecule has 14 heavy (non-hydrogen) atoms. The zero-order valence-electron chi connectivity index (χ0n) is 7.83. The van der Waals surface area contributed by atoms with Gasteiger partial charge in [-0.25, -0.2) is 8.78 Å². The van der Waals surface area contributed by atoms with Crippen LogP contribution in [-0.4, -0.2) is 14.2 Å². The lowest BCUT2D eigenvalue weighted by molar-refractivity contribution is 0.393. The molecule has 2 nitrogen and oxygen atoms in total. The predicted octanol–water partition coefficient (Wildman–Crippen LogP) is 2.46. The SMILES string of the molecule is CNCc1c(F)c(F)cc(Br)c1OC. The van der Waals surface area contributed by atoms with E-state index < -0.39 is 11.6 Å².